The van der Waals surface area contributed by atoms with E-state index in [0.717, 1.165) is 12.1 Å². The van der Waals surface area contributed by atoms with Gasteiger partial charge in [0.15, 0.2) is 0 Å². The Morgan fingerprint density at radius 1 is 1.15 bits per heavy atom. The van der Waals surface area contributed by atoms with Crippen molar-refractivity contribution in [1.29, 1.82) is 0 Å². The van der Waals surface area contributed by atoms with Gasteiger partial charge in [-0.25, -0.2) is 8.78 Å². The Morgan fingerprint density at radius 3 is 2.55 bits per heavy atom. The minimum absolute atomic E-state index is 0.0164. The number of nitrogens with one attached hydrogen (secondary N) is 1. The van der Waals surface area contributed by atoms with Gasteiger partial charge in [-0.3, -0.25) is 10.1 Å². The highest BCUT2D eigenvalue weighted by molar-refractivity contribution is 5.46. The van der Waals surface area contributed by atoms with Crippen molar-refractivity contribution in [1.82, 2.24) is 0 Å². The van der Waals surface area contributed by atoms with Crippen LogP contribution >= 0.6 is 0 Å². The van der Waals surface area contributed by atoms with Crippen molar-refractivity contribution in [2.24, 2.45) is 0 Å². The van der Waals surface area contributed by atoms with Crippen LogP contribution in [-0.4, -0.2) is 4.92 Å². The summed E-state index contributed by atoms with van der Waals surface area (Å²) in [5, 5.41) is 13.1. The van der Waals surface area contributed by atoms with Gasteiger partial charge in [0.05, 0.1) is 10.6 Å². The second-order valence-electron chi connectivity index (χ2n) is 3.99. The summed E-state index contributed by atoms with van der Waals surface area (Å²) >= 11 is 0. The largest absolute Gasteiger partial charge is 0.378 e. The van der Waals surface area contributed by atoms with E-state index in [2.05, 4.69) is 5.32 Å². The molecule has 0 atom stereocenters. The maximum atomic E-state index is 13.8. The van der Waals surface area contributed by atoms with Gasteiger partial charge in [0.2, 0.25) is 5.82 Å². The minimum atomic E-state index is -0.979. The Labute approximate surface area is 112 Å². The van der Waals surface area contributed by atoms with Gasteiger partial charge >= 0.3 is 5.69 Å². The number of benzene rings is 2. The number of hydrogen-bond acceptors (Lipinski definition) is 3. The number of anilines is 1. The molecule has 0 amide bonds. The summed E-state index contributed by atoms with van der Waals surface area (Å²) in [6.07, 6.45) is 0. The summed E-state index contributed by atoms with van der Waals surface area (Å²) in [6.45, 7) is -0.157. The fourth-order valence-corrected chi connectivity index (χ4v) is 1.67. The molecule has 0 aromatic heterocycles. The first-order valence-corrected chi connectivity index (χ1v) is 5.59. The molecule has 0 saturated carbocycles. The van der Waals surface area contributed by atoms with Crippen LogP contribution in [-0.2, 0) is 6.54 Å². The molecule has 20 heavy (non-hydrogen) atoms. The zero-order valence-corrected chi connectivity index (χ0v) is 10.1. The van der Waals surface area contributed by atoms with E-state index in [0.29, 0.717) is 6.07 Å². The second kappa shape index (κ2) is 5.60. The molecule has 2 rings (SSSR count). The molecule has 0 heterocycles. The Bertz CT molecular complexity index is 662. The first-order chi connectivity index (χ1) is 9.49. The van der Waals surface area contributed by atoms with E-state index in [9.17, 15) is 23.3 Å². The zero-order valence-electron chi connectivity index (χ0n) is 10.1. The molecule has 2 aromatic rings. The molecule has 104 valence electrons. The lowest BCUT2D eigenvalue weighted by Gasteiger charge is -2.08. The topological polar surface area (TPSA) is 55.2 Å². The van der Waals surface area contributed by atoms with E-state index in [-0.39, 0.29) is 17.8 Å². The molecule has 2 aromatic carbocycles. The van der Waals surface area contributed by atoms with Crippen LogP contribution in [0.2, 0.25) is 0 Å². The molecular formula is C13H9F3N2O2. The van der Waals surface area contributed by atoms with Gasteiger partial charge in [0.25, 0.3) is 0 Å². The standard InChI is InChI=1S/C13H9F3N2O2/c14-9-4-5-11(10(15)6-9)17-7-8-2-1-3-12(13(8)16)18(19)20/h1-6,17H,7H2. The van der Waals surface area contributed by atoms with Crippen molar-refractivity contribution >= 4 is 11.4 Å². The third-order valence-corrected chi connectivity index (χ3v) is 2.66. The van der Waals surface area contributed by atoms with E-state index in [1.54, 1.807) is 0 Å². The van der Waals surface area contributed by atoms with Gasteiger partial charge in [0.1, 0.15) is 11.6 Å². The van der Waals surface area contributed by atoms with Crippen molar-refractivity contribution in [2.75, 3.05) is 5.32 Å². The van der Waals surface area contributed by atoms with Crippen molar-refractivity contribution in [3.05, 3.63) is 69.5 Å². The van der Waals surface area contributed by atoms with Gasteiger partial charge in [-0.15, -0.1) is 0 Å². The Kier molecular flexibility index (Phi) is 3.88. The third-order valence-electron chi connectivity index (χ3n) is 2.66. The summed E-state index contributed by atoms with van der Waals surface area (Å²) in [6, 6.07) is 6.62. The SMILES string of the molecule is O=[N+]([O-])c1cccc(CNc2ccc(F)cc2F)c1F. The summed E-state index contributed by atoms with van der Waals surface area (Å²) in [5.74, 6) is -2.53. The third kappa shape index (κ3) is 2.87. The van der Waals surface area contributed by atoms with Crippen LogP contribution in [0.15, 0.2) is 36.4 Å². The lowest BCUT2D eigenvalue weighted by molar-refractivity contribution is -0.387. The van der Waals surface area contributed by atoms with E-state index in [1.807, 2.05) is 0 Å². The van der Waals surface area contributed by atoms with Crippen LogP contribution in [0.5, 0.6) is 0 Å². The fourth-order valence-electron chi connectivity index (χ4n) is 1.67. The van der Waals surface area contributed by atoms with E-state index in [4.69, 9.17) is 0 Å². The first kappa shape index (κ1) is 13.9. The molecule has 4 nitrogen and oxygen atoms in total. The number of nitro benzene ring substituents is 1. The maximum Gasteiger partial charge on any atom is 0.305 e. The minimum Gasteiger partial charge on any atom is -0.378 e. The van der Waals surface area contributed by atoms with Crippen molar-refractivity contribution in [2.45, 2.75) is 6.54 Å². The highest BCUT2D eigenvalue weighted by atomic mass is 19.1. The van der Waals surface area contributed by atoms with E-state index in [1.165, 1.54) is 18.2 Å². The molecule has 0 fully saturated rings. The quantitative estimate of drug-likeness (QED) is 0.688. The Balaban J connectivity index is 2.19. The number of halogens is 3. The molecule has 0 radical (unpaired) electrons. The first-order valence-electron chi connectivity index (χ1n) is 5.59. The molecule has 0 aliphatic heterocycles. The molecule has 0 aliphatic carbocycles. The van der Waals surface area contributed by atoms with Gasteiger partial charge in [-0.2, -0.15) is 4.39 Å². The van der Waals surface area contributed by atoms with E-state index < -0.39 is 28.1 Å². The average Bonchev–Trinajstić information content (AvgIpc) is 2.39. The number of nitrogens with zero attached hydrogens (tertiary/aromatic N) is 1. The summed E-state index contributed by atoms with van der Waals surface area (Å²) < 4.78 is 39.8. The second-order valence-corrected chi connectivity index (χ2v) is 3.99. The predicted molar refractivity (Wildman–Crippen MR) is 66.7 cm³/mol. The van der Waals surface area contributed by atoms with Crippen LogP contribution in [0.1, 0.15) is 5.56 Å². The highest BCUT2D eigenvalue weighted by Crippen LogP contribution is 2.22. The molecule has 0 unspecified atom stereocenters. The van der Waals surface area contributed by atoms with Crippen LogP contribution < -0.4 is 5.32 Å². The summed E-state index contributed by atoms with van der Waals surface area (Å²) in [7, 11) is 0. The van der Waals surface area contributed by atoms with Gasteiger partial charge in [-0.05, 0) is 12.1 Å². The smallest absolute Gasteiger partial charge is 0.305 e. The molecule has 1 N–H and O–H groups in total. The van der Waals surface area contributed by atoms with E-state index >= 15 is 0 Å². The molecule has 0 saturated heterocycles. The summed E-state index contributed by atoms with van der Waals surface area (Å²) in [4.78, 5) is 9.75. The zero-order chi connectivity index (χ0) is 14.7. The van der Waals surface area contributed by atoms with Crippen molar-refractivity contribution < 1.29 is 18.1 Å². The van der Waals surface area contributed by atoms with Gasteiger partial charge in [0, 0.05) is 24.2 Å². The molecule has 0 aliphatic rings. The van der Waals surface area contributed by atoms with Crippen LogP contribution in [0.3, 0.4) is 0 Å². The molecule has 0 bridgehead atoms. The lowest BCUT2D eigenvalue weighted by Crippen LogP contribution is -2.05. The monoisotopic (exact) mass is 282 g/mol. The average molecular weight is 282 g/mol. The van der Waals surface area contributed by atoms with Crippen LogP contribution in [0.25, 0.3) is 0 Å². The number of hydrogen-bond donors (Lipinski definition) is 1. The highest BCUT2D eigenvalue weighted by Gasteiger charge is 2.17. The summed E-state index contributed by atoms with van der Waals surface area (Å²) in [5.41, 5.74) is -0.649. The van der Waals surface area contributed by atoms with Crippen molar-refractivity contribution in [3.8, 4) is 0 Å². The predicted octanol–water partition coefficient (Wildman–Crippen LogP) is 3.62. The molecule has 7 heteroatoms. The van der Waals surface area contributed by atoms with Crippen LogP contribution in [0.4, 0.5) is 24.5 Å². The Hall–Kier alpha value is -2.57. The normalized spacial score (nSPS) is 10.3. The fraction of sp³-hybridized carbons (Fsp3) is 0.0769. The van der Waals surface area contributed by atoms with Gasteiger partial charge < -0.3 is 5.32 Å². The molecular weight excluding hydrogens is 273 g/mol. The maximum absolute atomic E-state index is 13.8. The van der Waals surface area contributed by atoms with Gasteiger partial charge in [-0.1, -0.05) is 12.1 Å². The lowest BCUT2D eigenvalue weighted by atomic mass is 10.1. The van der Waals surface area contributed by atoms with Crippen LogP contribution in [0, 0.1) is 27.6 Å². The number of nitro groups is 1. The number of rotatable bonds is 4. The van der Waals surface area contributed by atoms with Crippen molar-refractivity contribution in [3.63, 3.8) is 0 Å². The Morgan fingerprint density at radius 2 is 1.90 bits per heavy atom. The molecule has 0 spiro atoms.